The molecule has 8 heteroatoms. The Labute approximate surface area is 195 Å². The number of rotatable bonds is 6. The highest BCUT2D eigenvalue weighted by atomic mass is 32.1. The van der Waals surface area contributed by atoms with Crippen LogP contribution in [0.15, 0.2) is 54.1 Å². The normalized spacial score (nSPS) is 17.5. The van der Waals surface area contributed by atoms with E-state index in [1.165, 1.54) is 16.2 Å². The number of ether oxygens (including phenoxy) is 2. The first kappa shape index (κ1) is 22.5. The average Bonchev–Trinajstić information content (AvgIpc) is 3.29. The Morgan fingerprint density at radius 2 is 1.70 bits per heavy atom. The molecule has 1 aliphatic rings. The van der Waals surface area contributed by atoms with Gasteiger partial charge in [-0.25, -0.2) is 4.98 Å². The predicted octanol–water partition coefficient (Wildman–Crippen LogP) is 4.79. The van der Waals surface area contributed by atoms with Crippen LogP contribution in [-0.2, 0) is 9.59 Å². The molecule has 1 fully saturated rings. The maximum atomic E-state index is 13.2. The van der Waals surface area contributed by atoms with Crippen LogP contribution < -0.4 is 14.4 Å². The van der Waals surface area contributed by atoms with Crippen molar-refractivity contribution < 1.29 is 24.2 Å². The minimum atomic E-state index is -0.826. The van der Waals surface area contributed by atoms with Crippen LogP contribution in [0, 0.1) is 13.8 Å². The van der Waals surface area contributed by atoms with Gasteiger partial charge in [-0.2, -0.15) is 0 Å². The summed E-state index contributed by atoms with van der Waals surface area (Å²) < 4.78 is 10.7. The van der Waals surface area contributed by atoms with Gasteiger partial charge in [-0.15, -0.1) is 11.3 Å². The molecule has 0 saturated carbocycles. The zero-order valence-corrected chi connectivity index (χ0v) is 19.6. The number of carbonyl (C=O) groups excluding carboxylic acids is 2. The number of methoxy groups -OCH3 is 1. The van der Waals surface area contributed by atoms with Crippen LogP contribution in [0.1, 0.15) is 34.7 Å². The number of aliphatic hydroxyl groups excluding tert-OH is 1. The topological polar surface area (TPSA) is 89.0 Å². The smallest absolute Gasteiger partial charge is 0.301 e. The van der Waals surface area contributed by atoms with E-state index in [1.807, 2.05) is 20.8 Å². The lowest BCUT2D eigenvalue weighted by Gasteiger charge is -2.23. The number of hydrogen-bond donors (Lipinski definition) is 1. The van der Waals surface area contributed by atoms with Gasteiger partial charge in [0.2, 0.25) is 0 Å². The van der Waals surface area contributed by atoms with Crippen LogP contribution in [0.5, 0.6) is 11.5 Å². The minimum absolute atomic E-state index is 0.0137. The third kappa shape index (κ3) is 4.09. The Balaban J connectivity index is 1.88. The average molecular weight is 465 g/mol. The first-order valence-electron chi connectivity index (χ1n) is 10.5. The molecular weight excluding hydrogens is 440 g/mol. The van der Waals surface area contributed by atoms with Gasteiger partial charge in [0.15, 0.2) is 5.13 Å². The van der Waals surface area contributed by atoms with Gasteiger partial charge in [-0.1, -0.05) is 12.1 Å². The third-order valence-electron chi connectivity index (χ3n) is 5.54. The van der Waals surface area contributed by atoms with Crippen molar-refractivity contribution in [1.82, 2.24) is 4.98 Å². The number of thiazole rings is 1. The number of carbonyl (C=O) groups is 2. The molecule has 2 heterocycles. The Bertz CT molecular complexity index is 1210. The lowest BCUT2D eigenvalue weighted by Crippen LogP contribution is -2.29. The van der Waals surface area contributed by atoms with Gasteiger partial charge in [-0.3, -0.25) is 14.5 Å². The maximum absolute atomic E-state index is 13.2. The van der Waals surface area contributed by atoms with Gasteiger partial charge < -0.3 is 14.6 Å². The fourth-order valence-corrected chi connectivity index (χ4v) is 4.66. The van der Waals surface area contributed by atoms with E-state index >= 15 is 0 Å². The summed E-state index contributed by atoms with van der Waals surface area (Å²) in [7, 11) is 1.56. The standard InChI is InChI=1S/C25H24N2O5S/c1-5-32-19-12-8-17(9-13-19)22(28)20-21(16-6-10-18(31-4)11-7-16)27(24(30)23(20)29)25-26-14(2)15(3)33-25/h6-13,21,28H,5H2,1-4H3/t21-/m1/s1. The molecule has 1 N–H and O–H groups in total. The number of hydrogen-bond acceptors (Lipinski definition) is 7. The summed E-state index contributed by atoms with van der Waals surface area (Å²) in [6.45, 7) is 6.16. The largest absolute Gasteiger partial charge is 0.507 e. The molecule has 1 amide bonds. The second-order valence-corrected chi connectivity index (χ2v) is 8.72. The summed E-state index contributed by atoms with van der Waals surface area (Å²) in [4.78, 5) is 33.2. The zero-order chi connectivity index (χ0) is 23.7. The molecule has 7 nitrogen and oxygen atoms in total. The number of anilines is 1. The van der Waals surface area contributed by atoms with Crippen molar-refractivity contribution >= 4 is 33.9 Å². The second-order valence-electron chi connectivity index (χ2n) is 7.54. The van der Waals surface area contributed by atoms with Crippen molar-refractivity contribution in [1.29, 1.82) is 0 Å². The summed E-state index contributed by atoms with van der Waals surface area (Å²) in [5, 5.41) is 11.6. The molecule has 0 spiro atoms. The lowest BCUT2D eigenvalue weighted by molar-refractivity contribution is -0.132. The summed E-state index contributed by atoms with van der Waals surface area (Å²) >= 11 is 1.34. The molecule has 1 aliphatic heterocycles. The molecule has 0 radical (unpaired) electrons. The van der Waals surface area contributed by atoms with Crippen molar-refractivity contribution in [2.75, 3.05) is 18.6 Å². The molecule has 2 aromatic carbocycles. The second kappa shape index (κ2) is 9.07. The van der Waals surface area contributed by atoms with Gasteiger partial charge in [0.1, 0.15) is 17.3 Å². The van der Waals surface area contributed by atoms with E-state index in [2.05, 4.69) is 4.98 Å². The molecular formula is C25H24N2O5S. The zero-order valence-electron chi connectivity index (χ0n) is 18.8. The van der Waals surface area contributed by atoms with E-state index in [0.717, 1.165) is 10.6 Å². The number of aliphatic hydroxyl groups is 1. The maximum Gasteiger partial charge on any atom is 0.301 e. The number of amides is 1. The van der Waals surface area contributed by atoms with Gasteiger partial charge >= 0.3 is 5.91 Å². The first-order chi connectivity index (χ1) is 15.8. The number of benzene rings is 2. The summed E-state index contributed by atoms with van der Waals surface area (Å²) in [6, 6.07) is 13.0. The van der Waals surface area contributed by atoms with E-state index in [0.29, 0.717) is 34.4 Å². The molecule has 0 aliphatic carbocycles. The van der Waals surface area contributed by atoms with Crippen molar-refractivity contribution in [3.05, 3.63) is 75.8 Å². The SMILES string of the molecule is CCOc1ccc(C(O)=C2C(=O)C(=O)N(c3nc(C)c(C)s3)[C@@H]2c2ccc(OC)cc2)cc1. The molecule has 0 bridgehead atoms. The number of ketones is 1. The van der Waals surface area contributed by atoms with Gasteiger partial charge in [-0.05, 0) is 62.7 Å². The minimum Gasteiger partial charge on any atom is -0.507 e. The van der Waals surface area contributed by atoms with E-state index in [-0.39, 0.29) is 11.3 Å². The van der Waals surface area contributed by atoms with Crippen LogP contribution in [0.25, 0.3) is 5.76 Å². The van der Waals surface area contributed by atoms with Crippen LogP contribution in [-0.4, -0.2) is 35.5 Å². The number of nitrogens with zero attached hydrogens (tertiary/aromatic N) is 2. The lowest BCUT2D eigenvalue weighted by atomic mass is 9.95. The molecule has 1 saturated heterocycles. The van der Waals surface area contributed by atoms with Crippen molar-refractivity contribution in [2.45, 2.75) is 26.8 Å². The molecule has 170 valence electrons. The van der Waals surface area contributed by atoms with Crippen molar-refractivity contribution in [2.24, 2.45) is 0 Å². The molecule has 0 unspecified atom stereocenters. The molecule has 33 heavy (non-hydrogen) atoms. The van der Waals surface area contributed by atoms with E-state index < -0.39 is 17.7 Å². The van der Waals surface area contributed by atoms with Crippen LogP contribution in [0.3, 0.4) is 0 Å². The molecule has 4 rings (SSSR count). The first-order valence-corrected chi connectivity index (χ1v) is 11.3. The fraction of sp³-hybridized carbons (Fsp3) is 0.240. The highest BCUT2D eigenvalue weighted by Gasteiger charge is 2.48. The van der Waals surface area contributed by atoms with Crippen LogP contribution in [0.2, 0.25) is 0 Å². The fourth-order valence-electron chi connectivity index (χ4n) is 3.72. The van der Waals surface area contributed by atoms with Crippen molar-refractivity contribution in [3.63, 3.8) is 0 Å². The molecule has 3 aromatic rings. The van der Waals surface area contributed by atoms with Crippen molar-refractivity contribution in [3.8, 4) is 11.5 Å². The Morgan fingerprint density at radius 1 is 1.06 bits per heavy atom. The monoisotopic (exact) mass is 464 g/mol. The highest BCUT2D eigenvalue weighted by Crippen LogP contribution is 2.44. The number of Topliss-reactive ketones (excluding diaryl/α,β-unsaturated/α-hetero) is 1. The summed E-state index contributed by atoms with van der Waals surface area (Å²) in [5.41, 5.74) is 1.88. The van der Waals surface area contributed by atoms with Crippen LogP contribution in [0.4, 0.5) is 5.13 Å². The highest BCUT2D eigenvalue weighted by molar-refractivity contribution is 7.16. The Hall–Kier alpha value is -3.65. The summed E-state index contributed by atoms with van der Waals surface area (Å²) in [5.74, 6) is -0.437. The molecule has 1 aromatic heterocycles. The summed E-state index contributed by atoms with van der Waals surface area (Å²) in [6.07, 6.45) is 0. The number of aryl methyl sites for hydroxylation is 2. The van der Waals surface area contributed by atoms with Gasteiger partial charge in [0, 0.05) is 10.4 Å². The Morgan fingerprint density at radius 3 is 2.24 bits per heavy atom. The van der Waals surface area contributed by atoms with Gasteiger partial charge in [0.05, 0.1) is 31.0 Å². The predicted molar refractivity (Wildman–Crippen MR) is 127 cm³/mol. The van der Waals surface area contributed by atoms with Crippen LogP contribution >= 0.6 is 11.3 Å². The quantitative estimate of drug-likeness (QED) is 0.320. The van der Waals surface area contributed by atoms with Gasteiger partial charge in [0.25, 0.3) is 5.78 Å². The number of aromatic nitrogens is 1. The van der Waals surface area contributed by atoms with E-state index in [4.69, 9.17) is 9.47 Å². The van der Waals surface area contributed by atoms with E-state index in [9.17, 15) is 14.7 Å². The van der Waals surface area contributed by atoms with E-state index in [1.54, 1.807) is 55.6 Å². The Kier molecular flexibility index (Phi) is 6.20. The third-order valence-corrected chi connectivity index (χ3v) is 6.61. The molecule has 1 atom stereocenters.